The number of nitriles is 1. The number of benzene rings is 1. The fraction of sp³-hybridized carbons (Fsp3) is 0.409. The summed E-state index contributed by atoms with van der Waals surface area (Å²) < 4.78 is 0. The number of aliphatic hydroxyl groups excluding tert-OH is 3. The van der Waals surface area contributed by atoms with Gasteiger partial charge in [-0.1, -0.05) is 19.1 Å². The molecule has 9 nitrogen and oxygen atoms in total. The number of likely N-dealkylation sites (N-methyl/N-ethyl adjacent to an activating group) is 1. The van der Waals surface area contributed by atoms with Crippen LogP contribution < -0.4 is 0 Å². The van der Waals surface area contributed by atoms with E-state index >= 15 is 0 Å². The summed E-state index contributed by atoms with van der Waals surface area (Å²) in [6, 6.07) is 4.86. The number of rotatable bonds is 1. The highest BCUT2D eigenvalue weighted by molar-refractivity contribution is 6.16. The first-order valence-corrected chi connectivity index (χ1v) is 9.75. The number of ketones is 2. The molecular weight excluding hydrogens is 404 g/mol. The molecule has 162 valence electrons. The Labute approximate surface area is 177 Å². The van der Waals surface area contributed by atoms with Crippen molar-refractivity contribution in [1.82, 2.24) is 4.90 Å². The van der Waals surface area contributed by atoms with Crippen LogP contribution in [-0.2, 0) is 4.79 Å². The van der Waals surface area contributed by atoms with Crippen LogP contribution in [0.3, 0.4) is 0 Å². The van der Waals surface area contributed by atoms with E-state index in [4.69, 9.17) is 0 Å². The number of carbonyl (C=O) groups is 2. The first kappa shape index (κ1) is 21.1. The lowest BCUT2D eigenvalue weighted by Crippen LogP contribution is -2.67. The van der Waals surface area contributed by atoms with Crippen molar-refractivity contribution < 1.29 is 35.1 Å². The predicted molar refractivity (Wildman–Crippen MR) is 106 cm³/mol. The molecule has 6 atom stereocenters. The number of aliphatic hydroxyl groups is 4. The van der Waals surface area contributed by atoms with Gasteiger partial charge in [0.1, 0.15) is 28.9 Å². The van der Waals surface area contributed by atoms with Gasteiger partial charge in [-0.15, -0.1) is 0 Å². The first-order chi connectivity index (χ1) is 14.5. The molecule has 1 aromatic carbocycles. The quantitative estimate of drug-likeness (QED) is 0.435. The molecule has 3 aliphatic rings. The van der Waals surface area contributed by atoms with Crippen LogP contribution in [0.15, 0.2) is 40.9 Å². The molecule has 0 aliphatic heterocycles. The van der Waals surface area contributed by atoms with Crippen molar-refractivity contribution >= 4 is 11.6 Å². The fourth-order valence-electron chi connectivity index (χ4n) is 5.45. The summed E-state index contributed by atoms with van der Waals surface area (Å²) in [5.41, 5.74) is -3.55. The molecule has 0 fully saturated rings. The van der Waals surface area contributed by atoms with Gasteiger partial charge >= 0.3 is 0 Å². The second-order valence-corrected chi connectivity index (χ2v) is 8.54. The number of carbonyl (C=O) groups excluding carboxylic acids is 2. The molecule has 4 rings (SSSR count). The van der Waals surface area contributed by atoms with Gasteiger partial charge in [-0.05, 0) is 31.6 Å². The molecule has 1 aromatic rings. The van der Waals surface area contributed by atoms with Gasteiger partial charge in [0.05, 0.1) is 23.6 Å². The van der Waals surface area contributed by atoms with Gasteiger partial charge in [-0.2, -0.15) is 5.26 Å². The monoisotopic (exact) mass is 426 g/mol. The summed E-state index contributed by atoms with van der Waals surface area (Å²) in [6.45, 7) is 1.70. The van der Waals surface area contributed by atoms with Crippen LogP contribution in [0.1, 0.15) is 28.8 Å². The van der Waals surface area contributed by atoms with E-state index in [1.54, 1.807) is 25.1 Å². The minimum atomic E-state index is -2.80. The Morgan fingerprint density at radius 1 is 1.16 bits per heavy atom. The van der Waals surface area contributed by atoms with Gasteiger partial charge in [0, 0.05) is 11.5 Å². The number of nitrogens with zero attached hydrogens (tertiary/aromatic N) is 2. The summed E-state index contributed by atoms with van der Waals surface area (Å²) in [4.78, 5) is 27.7. The average molecular weight is 426 g/mol. The van der Waals surface area contributed by atoms with Crippen LogP contribution in [0, 0.1) is 23.2 Å². The zero-order chi connectivity index (χ0) is 23.0. The summed E-state index contributed by atoms with van der Waals surface area (Å²) in [5, 5.41) is 64.2. The van der Waals surface area contributed by atoms with Crippen molar-refractivity contribution in [2.45, 2.75) is 30.6 Å². The topological polar surface area (TPSA) is 162 Å². The number of hydrogen-bond acceptors (Lipinski definition) is 9. The zero-order valence-electron chi connectivity index (χ0n) is 17.1. The van der Waals surface area contributed by atoms with Crippen molar-refractivity contribution in [3.8, 4) is 11.8 Å². The van der Waals surface area contributed by atoms with E-state index < -0.39 is 64.2 Å². The van der Waals surface area contributed by atoms with Crippen molar-refractivity contribution in [2.75, 3.05) is 14.1 Å². The van der Waals surface area contributed by atoms with E-state index in [2.05, 4.69) is 0 Å². The van der Waals surface area contributed by atoms with Crippen molar-refractivity contribution in [2.24, 2.45) is 11.8 Å². The summed E-state index contributed by atoms with van der Waals surface area (Å²) in [5.74, 6) is -7.04. The molecule has 0 radical (unpaired) electrons. The standard InChI is InChI=1S/C22H22N2O7/c1-8-9-5-4-6-11(25)13(9)18(27)14-12(8)19(28)15-16(24(2)3)17(26)10(7-23)20(29)22(15,31)21(14)30/h4-6,8,12,15-16,19,25-26,28,30-31H,1-3H3/t8-,12+,15+,16-,19-,22+/m0/s1. The highest BCUT2D eigenvalue weighted by Gasteiger charge is 2.66. The lowest BCUT2D eigenvalue weighted by atomic mass is 9.55. The maximum absolute atomic E-state index is 13.3. The summed E-state index contributed by atoms with van der Waals surface area (Å²) in [7, 11) is 3.05. The molecule has 5 N–H and O–H groups in total. The van der Waals surface area contributed by atoms with E-state index in [1.165, 1.54) is 25.1 Å². The normalized spacial score (nSPS) is 34.9. The molecule has 0 spiro atoms. The first-order valence-electron chi connectivity index (χ1n) is 9.75. The molecule has 3 aliphatic carbocycles. The Hall–Kier alpha value is -3.19. The third kappa shape index (κ3) is 2.41. The largest absolute Gasteiger partial charge is 0.509 e. The SMILES string of the molecule is C[C@H]1c2cccc(O)c2C(=O)C2=C(O)[C@]3(O)C(=O)C(C#N)=C(O)[C@@H](N(C)C)[C@@H]3[C@@H](O)[C@@H]21. The fourth-order valence-corrected chi connectivity index (χ4v) is 5.45. The van der Waals surface area contributed by atoms with Crippen LogP contribution >= 0.6 is 0 Å². The summed E-state index contributed by atoms with van der Waals surface area (Å²) >= 11 is 0. The lowest BCUT2D eigenvalue weighted by molar-refractivity contribution is -0.160. The predicted octanol–water partition coefficient (Wildman–Crippen LogP) is 0.691. The Kier molecular flexibility index (Phi) is 4.52. The second kappa shape index (κ2) is 6.65. The molecule has 0 heterocycles. The lowest BCUT2D eigenvalue weighted by Gasteiger charge is -2.53. The maximum Gasteiger partial charge on any atom is 0.216 e. The smallest absolute Gasteiger partial charge is 0.216 e. The van der Waals surface area contributed by atoms with E-state index in [0.29, 0.717) is 5.56 Å². The van der Waals surface area contributed by atoms with Crippen molar-refractivity contribution in [1.29, 1.82) is 5.26 Å². The molecule has 0 bridgehead atoms. The minimum Gasteiger partial charge on any atom is -0.509 e. The molecule has 0 aromatic heterocycles. The molecular formula is C22H22N2O7. The highest BCUT2D eigenvalue weighted by atomic mass is 16.4. The Morgan fingerprint density at radius 3 is 2.39 bits per heavy atom. The molecule has 0 saturated heterocycles. The van der Waals surface area contributed by atoms with Crippen molar-refractivity contribution in [3.63, 3.8) is 0 Å². The minimum absolute atomic E-state index is 0.0756. The van der Waals surface area contributed by atoms with Gasteiger partial charge < -0.3 is 25.5 Å². The van der Waals surface area contributed by atoms with E-state index in [0.717, 1.165) is 0 Å². The number of hydrogen-bond donors (Lipinski definition) is 5. The zero-order valence-corrected chi connectivity index (χ0v) is 17.1. The van der Waals surface area contributed by atoms with Crippen LogP contribution in [0.5, 0.6) is 5.75 Å². The van der Waals surface area contributed by atoms with Crippen LogP contribution in [0.4, 0.5) is 0 Å². The molecule has 9 heteroatoms. The molecule has 0 unspecified atom stereocenters. The van der Waals surface area contributed by atoms with Gasteiger partial charge in [-0.3, -0.25) is 14.5 Å². The van der Waals surface area contributed by atoms with Crippen molar-refractivity contribution in [3.05, 3.63) is 52.0 Å². The Bertz CT molecular complexity index is 1130. The second-order valence-electron chi connectivity index (χ2n) is 8.54. The highest BCUT2D eigenvalue weighted by Crippen LogP contribution is 2.55. The van der Waals surface area contributed by atoms with E-state index in [9.17, 15) is 40.4 Å². The Balaban J connectivity index is 2.06. The number of fused-ring (bicyclic) bond motifs is 3. The molecule has 31 heavy (non-hydrogen) atoms. The van der Waals surface area contributed by atoms with Crippen LogP contribution in [-0.4, -0.2) is 73.8 Å². The Morgan fingerprint density at radius 2 is 1.81 bits per heavy atom. The van der Waals surface area contributed by atoms with Gasteiger partial charge in [0.25, 0.3) is 0 Å². The number of Topliss-reactive ketones (excluding diaryl/α,β-unsaturated/α-hetero) is 2. The molecule has 0 saturated carbocycles. The van der Waals surface area contributed by atoms with E-state index in [-0.39, 0.29) is 16.9 Å². The van der Waals surface area contributed by atoms with Gasteiger partial charge in [-0.25, -0.2) is 0 Å². The van der Waals surface area contributed by atoms with Gasteiger partial charge in [0.2, 0.25) is 5.78 Å². The number of phenolic OH excluding ortho intramolecular Hbond substituents is 1. The maximum atomic E-state index is 13.3. The average Bonchev–Trinajstić information content (AvgIpc) is 2.71. The third-order valence-corrected chi connectivity index (χ3v) is 6.86. The molecule has 0 amide bonds. The van der Waals surface area contributed by atoms with E-state index in [1.807, 2.05) is 0 Å². The van der Waals surface area contributed by atoms with Crippen LogP contribution in [0.2, 0.25) is 0 Å². The van der Waals surface area contributed by atoms with Gasteiger partial charge in [0.15, 0.2) is 11.4 Å². The third-order valence-electron chi connectivity index (χ3n) is 6.86. The number of phenols is 1. The number of aromatic hydroxyl groups is 1. The van der Waals surface area contributed by atoms with Crippen LogP contribution in [0.25, 0.3) is 0 Å². The summed E-state index contributed by atoms with van der Waals surface area (Å²) in [6.07, 6.45) is -1.54.